The Balaban J connectivity index is 2.58. The number of hydrogen-bond acceptors (Lipinski definition) is 1. The number of likely N-dealkylation sites (N-methyl/N-ethyl adjacent to an activating group) is 1. The quantitative estimate of drug-likeness (QED) is 0.600. The fourth-order valence-corrected chi connectivity index (χ4v) is 1.80. The first-order valence-electron chi connectivity index (χ1n) is 5.77. The highest BCUT2D eigenvalue weighted by atomic mass is 79.9. The van der Waals surface area contributed by atoms with Gasteiger partial charge in [0, 0.05) is 6.54 Å². The van der Waals surface area contributed by atoms with Crippen molar-refractivity contribution in [3.05, 3.63) is 35.4 Å². The van der Waals surface area contributed by atoms with Gasteiger partial charge in [0.25, 0.3) is 0 Å². The van der Waals surface area contributed by atoms with Gasteiger partial charge in [-0.2, -0.15) is 0 Å². The molecule has 1 nitrogen and oxygen atoms in total. The van der Waals surface area contributed by atoms with Crippen LogP contribution in [-0.2, 0) is 11.8 Å². The minimum atomic E-state index is 0.255. The molecule has 0 bridgehead atoms. The summed E-state index contributed by atoms with van der Waals surface area (Å²) in [5, 5.41) is 0. The zero-order valence-electron chi connectivity index (χ0n) is 10.8. The van der Waals surface area contributed by atoms with Gasteiger partial charge >= 0.3 is 0 Å². The summed E-state index contributed by atoms with van der Waals surface area (Å²) in [6.07, 6.45) is 1.12. The maximum absolute atomic E-state index is 3.45. The third kappa shape index (κ3) is 4.26. The van der Waals surface area contributed by atoms with Crippen LogP contribution in [0.25, 0.3) is 0 Å². The third-order valence-corrected chi connectivity index (χ3v) is 3.66. The number of nitrogens with zero attached hydrogens (tertiary/aromatic N) is 1. The molecule has 0 N–H and O–H groups in total. The highest BCUT2D eigenvalue weighted by molar-refractivity contribution is 9.09. The fourth-order valence-electron chi connectivity index (χ4n) is 1.55. The Morgan fingerprint density at radius 2 is 1.69 bits per heavy atom. The molecule has 90 valence electrons. The smallest absolute Gasteiger partial charge is 0.0539 e. The van der Waals surface area contributed by atoms with E-state index < -0.39 is 0 Å². The average molecular weight is 284 g/mol. The van der Waals surface area contributed by atoms with E-state index in [4.69, 9.17) is 0 Å². The standard InChI is InChI=1S/C14H22BrN/c1-14(2,3)13-7-5-12(6-8-13)9-10-16(4)11-15/h5-8H,9-11H2,1-4H3. The summed E-state index contributed by atoms with van der Waals surface area (Å²) in [6, 6.07) is 9.01. The van der Waals surface area contributed by atoms with Crippen molar-refractivity contribution in [2.24, 2.45) is 0 Å². The summed E-state index contributed by atoms with van der Waals surface area (Å²) in [7, 11) is 2.12. The summed E-state index contributed by atoms with van der Waals surface area (Å²) in [4.78, 5) is 2.26. The van der Waals surface area contributed by atoms with E-state index in [0.29, 0.717) is 0 Å². The number of halogens is 1. The molecule has 0 heterocycles. The van der Waals surface area contributed by atoms with Crippen LogP contribution in [-0.4, -0.2) is 23.9 Å². The van der Waals surface area contributed by atoms with Crippen LogP contribution in [0, 0.1) is 0 Å². The van der Waals surface area contributed by atoms with E-state index in [0.717, 1.165) is 18.4 Å². The van der Waals surface area contributed by atoms with Crippen molar-refractivity contribution in [1.29, 1.82) is 0 Å². The molecule has 0 unspecified atom stereocenters. The topological polar surface area (TPSA) is 3.24 Å². The van der Waals surface area contributed by atoms with Crippen LogP contribution in [0.4, 0.5) is 0 Å². The van der Waals surface area contributed by atoms with E-state index in [2.05, 4.69) is 72.9 Å². The molecule has 2 heteroatoms. The number of rotatable bonds is 4. The highest BCUT2D eigenvalue weighted by Crippen LogP contribution is 2.22. The van der Waals surface area contributed by atoms with E-state index >= 15 is 0 Å². The third-order valence-electron chi connectivity index (χ3n) is 2.81. The van der Waals surface area contributed by atoms with E-state index in [9.17, 15) is 0 Å². The van der Waals surface area contributed by atoms with Gasteiger partial charge in [-0.1, -0.05) is 61.0 Å². The van der Waals surface area contributed by atoms with Crippen LogP contribution < -0.4 is 0 Å². The van der Waals surface area contributed by atoms with Crippen molar-refractivity contribution in [2.75, 3.05) is 19.0 Å². The van der Waals surface area contributed by atoms with E-state index in [-0.39, 0.29) is 5.41 Å². The Morgan fingerprint density at radius 1 is 1.12 bits per heavy atom. The van der Waals surface area contributed by atoms with Gasteiger partial charge in [-0.3, -0.25) is 4.90 Å². The van der Waals surface area contributed by atoms with Gasteiger partial charge in [0.1, 0.15) is 0 Å². The lowest BCUT2D eigenvalue weighted by Gasteiger charge is -2.19. The SMILES string of the molecule is CN(CBr)CCc1ccc(C(C)(C)C)cc1. The molecule has 1 aromatic rings. The molecule has 0 saturated heterocycles. The van der Waals surface area contributed by atoms with Crippen LogP contribution in [0.2, 0.25) is 0 Å². The molecule has 0 aromatic heterocycles. The van der Waals surface area contributed by atoms with Gasteiger partial charge in [-0.05, 0) is 30.0 Å². The first-order valence-corrected chi connectivity index (χ1v) is 6.89. The average Bonchev–Trinajstić information content (AvgIpc) is 2.25. The molecule has 0 radical (unpaired) electrons. The molecule has 0 amide bonds. The lowest BCUT2D eigenvalue weighted by molar-refractivity contribution is 0.401. The molecule has 0 aliphatic heterocycles. The molecule has 1 aromatic carbocycles. The van der Waals surface area contributed by atoms with Crippen molar-refractivity contribution in [1.82, 2.24) is 4.90 Å². The van der Waals surface area contributed by atoms with Crippen LogP contribution >= 0.6 is 15.9 Å². The molecule has 0 atom stereocenters. The van der Waals surface area contributed by atoms with E-state index in [1.807, 2.05) is 0 Å². The lowest BCUT2D eigenvalue weighted by Crippen LogP contribution is -2.19. The van der Waals surface area contributed by atoms with Gasteiger partial charge in [0.05, 0.1) is 5.45 Å². The Morgan fingerprint density at radius 3 is 2.12 bits per heavy atom. The second-order valence-corrected chi connectivity index (χ2v) is 5.90. The van der Waals surface area contributed by atoms with Crippen LogP contribution in [0.3, 0.4) is 0 Å². The van der Waals surface area contributed by atoms with Gasteiger partial charge < -0.3 is 0 Å². The lowest BCUT2D eigenvalue weighted by atomic mass is 9.86. The number of alkyl halides is 1. The molecule has 0 spiro atoms. The Labute approximate surface area is 108 Å². The van der Waals surface area contributed by atoms with Gasteiger partial charge in [-0.15, -0.1) is 0 Å². The van der Waals surface area contributed by atoms with Gasteiger partial charge in [0.15, 0.2) is 0 Å². The van der Waals surface area contributed by atoms with E-state index in [1.165, 1.54) is 11.1 Å². The molecule has 0 fully saturated rings. The summed E-state index contributed by atoms with van der Waals surface area (Å²) in [5.74, 6) is 0. The van der Waals surface area contributed by atoms with Gasteiger partial charge in [0.2, 0.25) is 0 Å². The zero-order chi connectivity index (χ0) is 12.2. The normalized spacial score (nSPS) is 12.1. The minimum absolute atomic E-state index is 0.255. The van der Waals surface area contributed by atoms with Crippen molar-refractivity contribution in [2.45, 2.75) is 32.6 Å². The molecule has 0 aliphatic carbocycles. The Bertz CT molecular complexity index is 311. The molecular weight excluding hydrogens is 262 g/mol. The molecule has 1 rings (SSSR count). The monoisotopic (exact) mass is 283 g/mol. The maximum Gasteiger partial charge on any atom is 0.0539 e. The first kappa shape index (κ1) is 13.7. The fraction of sp³-hybridized carbons (Fsp3) is 0.571. The van der Waals surface area contributed by atoms with Crippen molar-refractivity contribution < 1.29 is 0 Å². The zero-order valence-corrected chi connectivity index (χ0v) is 12.3. The predicted molar refractivity (Wildman–Crippen MR) is 75.3 cm³/mol. The summed E-state index contributed by atoms with van der Waals surface area (Å²) < 4.78 is 0. The van der Waals surface area contributed by atoms with Crippen LogP contribution in [0.1, 0.15) is 31.9 Å². The number of benzene rings is 1. The van der Waals surface area contributed by atoms with Crippen molar-refractivity contribution in [3.63, 3.8) is 0 Å². The second kappa shape index (κ2) is 5.83. The Kier molecular flexibility index (Phi) is 5.00. The highest BCUT2D eigenvalue weighted by Gasteiger charge is 2.12. The summed E-state index contributed by atoms with van der Waals surface area (Å²) in [5.41, 5.74) is 4.02. The Hall–Kier alpha value is -0.340. The predicted octanol–water partition coefficient (Wildman–Crippen LogP) is 3.81. The van der Waals surface area contributed by atoms with Crippen molar-refractivity contribution in [3.8, 4) is 0 Å². The van der Waals surface area contributed by atoms with Crippen molar-refractivity contribution >= 4 is 15.9 Å². The van der Waals surface area contributed by atoms with E-state index in [1.54, 1.807) is 0 Å². The summed E-state index contributed by atoms with van der Waals surface area (Å²) >= 11 is 3.45. The maximum atomic E-state index is 3.45. The molecule has 16 heavy (non-hydrogen) atoms. The molecular formula is C14H22BrN. The summed E-state index contributed by atoms with van der Waals surface area (Å²) in [6.45, 7) is 7.85. The van der Waals surface area contributed by atoms with Crippen LogP contribution in [0.5, 0.6) is 0 Å². The molecule has 0 aliphatic rings. The minimum Gasteiger partial charge on any atom is -0.296 e. The largest absolute Gasteiger partial charge is 0.296 e. The molecule has 0 saturated carbocycles. The van der Waals surface area contributed by atoms with Gasteiger partial charge in [-0.25, -0.2) is 0 Å². The second-order valence-electron chi connectivity index (χ2n) is 5.40. The number of hydrogen-bond donors (Lipinski definition) is 0. The first-order chi connectivity index (χ1) is 7.43. The van der Waals surface area contributed by atoms with Crippen LogP contribution in [0.15, 0.2) is 24.3 Å².